The summed E-state index contributed by atoms with van der Waals surface area (Å²) in [7, 11) is -1.18. The number of benzene rings is 2. The zero-order valence-electron chi connectivity index (χ0n) is 16.6. The third-order valence-corrected chi connectivity index (χ3v) is 5.98. The van der Waals surface area contributed by atoms with Crippen LogP contribution in [0.2, 0.25) is 6.32 Å². The van der Waals surface area contributed by atoms with Crippen molar-refractivity contribution in [3.05, 3.63) is 60.2 Å². The van der Waals surface area contributed by atoms with Crippen molar-refractivity contribution >= 4 is 7.12 Å². The predicted molar refractivity (Wildman–Crippen MR) is 117 cm³/mol. The quantitative estimate of drug-likeness (QED) is 0.375. The van der Waals surface area contributed by atoms with E-state index in [2.05, 4.69) is 53.8 Å². The van der Waals surface area contributed by atoms with Crippen molar-refractivity contribution in [1.82, 2.24) is 5.32 Å². The van der Waals surface area contributed by atoms with Crippen LogP contribution in [-0.2, 0) is 6.54 Å². The molecule has 3 atom stereocenters. The monoisotopic (exact) mass is 380 g/mol. The minimum Gasteiger partial charge on any atom is -0.427 e. The maximum absolute atomic E-state index is 8.91. The normalized spacial score (nSPS) is 20.2. The zero-order chi connectivity index (χ0) is 19.8. The molecule has 1 aliphatic rings. The Labute approximate surface area is 169 Å². The molecule has 0 heterocycles. The van der Waals surface area contributed by atoms with Crippen LogP contribution < -0.4 is 11.1 Å². The van der Waals surface area contributed by atoms with Gasteiger partial charge in [-0.2, -0.15) is 0 Å². The molecule has 2 aromatic carbocycles. The second-order valence-electron chi connectivity index (χ2n) is 8.14. The molecule has 4 nitrogen and oxygen atoms in total. The first-order valence-electron chi connectivity index (χ1n) is 10.6. The van der Waals surface area contributed by atoms with Gasteiger partial charge in [0.25, 0.3) is 0 Å². The van der Waals surface area contributed by atoms with Gasteiger partial charge >= 0.3 is 7.12 Å². The predicted octanol–water partition coefficient (Wildman–Crippen LogP) is 3.58. The SMILES string of the molecule is N[C@H](CCCCB(O)O)C1CC[C@H](NCc2ccc(-c3ccccc3)cc2)C1. The van der Waals surface area contributed by atoms with Crippen LogP contribution >= 0.6 is 0 Å². The Bertz CT molecular complexity index is 694. The fourth-order valence-electron chi connectivity index (χ4n) is 4.24. The number of nitrogens with two attached hydrogens (primary N) is 1. The molecule has 1 aliphatic carbocycles. The molecule has 0 aromatic heterocycles. The molecule has 0 amide bonds. The largest absolute Gasteiger partial charge is 0.451 e. The van der Waals surface area contributed by atoms with E-state index in [0.717, 1.165) is 32.2 Å². The minimum atomic E-state index is -1.18. The molecule has 0 spiro atoms. The highest BCUT2D eigenvalue weighted by Gasteiger charge is 2.28. The van der Waals surface area contributed by atoms with Gasteiger partial charge in [-0.25, -0.2) is 0 Å². The molecule has 3 rings (SSSR count). The molecule has 1 fully saturated rings. The minimum absolute atomic E-state index is 0.229. The molecule has 0 radical (unpaired) electrons. The highest BCUT2D eigenvalue weighted by atomic mass is 16.4. The van der Waals surface area contributed by atoms with E-state index in [0.29, 0.717) is 18.3 Å². The first kappa shape index (κ1) is 21.1. The van der Waals surface area contributed by atoms with Gasteiger partial charge in [0.15, 0.2) is 0 Å². The van der Waals surface area contributed by atoms with E-state index >= 15 is 0 Å². The summed E-state index contributed by atoms with van der Waals surface area (Å²) >= 11 is 0. The summed E-state index contributed by atoms with van der Waals surface area (Å²) < 4.78 is 0. The van der Waals surface area contributed by atoms with Gasteiger partial charge in [-0.05, 0) is 54.6 Å². The fraction of sp³-hybridized carbons (Fsp3) is 0.478. The van der Waals surface area contributed by atoms with E-state index in [9.17, 15) is 0 Å². The molecule has 1 saturated carbocycles. The smallest absolute Gasteiger partial charge is 0.427 e. The Morgan fingerprint density at radius 2 is 1.68 bits per heavy atom. The second kappa shape index (κ2) is 10.8. The van der Waals surface area contributed by atoms with E-state index in [1.807, 2.05) is 6.07 Å². The topological polar surface area (TPSA) is 78.5 Å². The van der Waals surface area contributed by atoms with Gasteiger partial charge in [0.2, 0.25) is 0 Å². The first-order valence-corrected chi connectivity index (χ1v) is 10.6. The molecule has 150 valence electrons. The van der Waals surface area contributed by atoms with E-state index in [4.69, 9.17) is 15.8 Å². The molecule has 5 N–H and O–H groups in total. The van der Waals surface area contributed by atoms with Gasteiger partial charge in [-0.1, -0.05) is 67.4 Å². The van der Waals surface area contributed by atoms with Gasteiger partial charge < -0.3 is 21.1 Å². The van der Waals surface area contributed by atoms with Crippen molar-refractivity contribution in [2.75, 3.05) is 0 Å². The number of unbranched alkanes of at least 4 members (excludes halogenated alkanes) is 1. The van der Waals surface area contributed by atoms with E-state index < -0.39 is 7.12 Å². The average Bonchev–Trinajstić information content (AvgIpc) is 3.20. The van der Waals surface area contributed by atoms with Crippen molar-refractivity contribution < 1.29 is 10.0 Å². The van der Waals surface area contributed by atoms with Crippen LogP contribution in [0.4, 0.5) is 0 Å². The summed E-state index contributed by atoms with van der Waals surface area (Å²) in [6.07, 6.45) is 6.76. The summed E-state index contributed by atoms with van der Waals surface area (Å²) in [4.78, 5) is 0. The van der Waals surface area contributed by atoms with Gasteiger partial charge in [0.1, 0.15) is 0 Å². The summed E-state index contributed by atoms with van der Waals surface area (Å²) in [5.74, 6) is 0.581. The third-order valence-electron chi connectivity index (χ3n) is 5.98. The maximum atomic E-state index is 8.91. The van der Waals surface area contributed by atoms with E-state index in [1.165, 1.54) is 29.5 Å². The summed E-state index contributed by atoms with van der Waals surface area (Å²) in [6.45, 7) is 0.899. The number of nitrogens with one attached hydrogen (secondary N) is 1. The van der Waals surface area contributed by atoms with E-state index in [1.54, 1.807) is 0 Å². The lowest BCUT2D eigenvalue weighted by Crippen LogP contribution is -2.31. The Morgan fingerprint density at radius 3 is 2.39 bits per heavy atom. The van der Waals surface area contributed by atoms with Gasteiger partial charge in [-0.3, -0.25) is 0 Å². The third kappa shape index (κ3) is 6.45. The van der Waals surface area contributed by atoms with Crippen LogP contribution in [0.3, 0.4) is 0 Å². The van der Waals surface area contributed by atoms with Gasteiger partial charge in [-0.15, -0.1) is 0 Å². The molecular formula is C23H33BN2O2. The van der Waals surface area contributed by atoms with Crippen LogP contribution in [0.15, 0.2) is 54.6 Å². The molecule has 5 heteroatoms. The van der Waals surface area contributed by atoms with Crippen molar-refractivity contribution in [3.63, 3.8) is 0 Å². The Morgan fingerprint density at radius 1 is 0.964 bits per heavy atom. The van der Waals surface area contributed by atoms with Crippen molar-refractivity contribution in [2.45, 2.75) is 63.5 Å². The summed E-state index contributed by atoms with van der Waals surface area (Å²) in [6, 6.07) is 20.1. The van der Waals surface area contributed by atoms with E-state index in [-0.39, 0.29) is 6.04 Å². The summed E-state index contributed by atoms with van der Waals surface area (Å²) in [5, 5.41) is 21.5. The highest BCUT2D eigenvalue weighted by molar-refractivity contribution is 6.40. The second-order valence-corrected chi connectivity index (χ2v) is 8.14. The lowest BCUT2D eigenvalue weighted by atomic mass is 9.82. The summed E-state index contributed by atoms with van der Waals surface area (Å²) in [5.41, 5.74) is 10.2. The highest BCUT2D eigenvalue weighted by Crippen LogP contribution is 2.30. The number of rotatable bonds is 10. The van der Waals surface area contributed by atoms with Crippen molar-refractivity contribution in [3.8, 4) is 11.1 Å². The average molecular weight is 380 g/mol. The first-order chi connectivity index (χ1) is 13.6. The lowest BCUT2D eigenvalue weighted by Gasteiger charge is -2.20. The standard InChI is InChI=1S/C23H33BN2O2/c25-23(8-4-5-15-24(27)28)21-13-14-22(16-21)26-17-18-9-11-20(12-10-18)19-6-2-1-3-7-19/h1-3,6-7,9-12,21-23,26-28H,4-5,8,13-17,25H2/t21?,22-,23+/m0/s1. The lowest BCUT2D eigenvalue weighted by molar-refractivity contribution is 0.378. The molecule has 28 heavy (non-hydrogen) atoms. The molecule has 0 aliphatic heterocycles. The number of hydrogen-bond acceptors (Lipinski definition) is 4. The number of hydrogen-bond donors (Lipinski definition) is 4. The zero-order valence-corrected chi connectivity index (χ0v) is 16.6. The molecular weight excluding hydrogens is 347 g/mol. The fourth-order valence-corrected chi connectivity index (χ4v) is 4.24. The molecule has 2 aromatic rings. The van der Waals surface area contributed by atoms with Crippen LogP contribution in [0.25, 0.3) is 11.1 Å². The van der Waals surface area contributed by atoms with Gasteiger partial charge in [0.05, 0.1) is 0 Å². The molecule has 0 bridgehead atoms. The van der Waals surface area contributed by atoms with Crippen LogP contribution in [0.5, 0.6) is 0 Å². The van der Waals surface area contributed by atoms with Crippen LogP contribution in [0.1, 0.15) is 44.1 Å². The molecule has 1 unspecified atom stereocenters. The Hall–Kier alpha value is -1.66. The van der Waals surface area contributed by atoms with Crippen LogP contribution in [0, 0.1) is 5.92 Å². The van der Waals surface area contributed by atoms with Crippen molar-refractivity contribution in [2.24, 2.45) is 11.7 Å². The Balaban J connectivity index is 1.38. The molecule has 0 saturated heterocycles. The van der Waals surface area contributed by atoms with Gasteiger partial charge in [0, 0.05) is 18.6 Å². The maximum Gasteiger partial charge on any atom is 0.451 e. The van der Waals surface area contributed by atoms with Crippen LogP contribution in [-0.4, -0.2) is 29.3 Å². The Kier molecular flexibility index (Phi) is 8.10. The van der Waals surface area contributed by atoms with Crippen molar-refractivity contribution in [1.29, 1.82) is 0 Å².